The second kappa shape index (κ2) is 10.4. The van der Waals surface area contributed by atoms with Crippen molar-refractivity contribution in [1.82, 2.24) is 20.0 Å². The van der Waals surface area contributed by atoms with Gasteiger partial charge in [-0.25, -0.2) is 13.6 Å². The summed E-state index contributed by atoms with van der Waals surface area (Å²) in [4.78, 5) is 16.1. The van der Waals surface area contributed by atoms with Crippen molar-refractivity contribution < 1.29 is 27.8 Å². The first-order valence-corrected chi connectivity index (χ1v) is 10.9. The summed E-state index contributed by atoms with van der Waals surface area (Å²) in [6.45, 7) is 11.0. The molecule has 0 bridgehead atoms. The minimum absolute atomic E-state index is 0.0114. The van der Waals surface area contributed by atoms with E-state index in [0.29, 0.717) is 31.9 Å². The number of anilines is 2. The monoisotopic (exact) mass is 467 g/mol. The quantitative estimate of drug-likeness (QED) is 0.626. The predicted octanol–water partition coefficient (Wildman–Crippen LogP) is 4.16. The van der Waals surface area contributed by atoms with Crippen molar-refractivity contribution in [1.29, 1.82) is 0 Å². The topological polar surface area (TPSA) is 104 Å². The highest BCUT2D eigenvalue weighted by molar-refractivity contribution is 5.68. The molecule has 2 aromatic rings. The summed E-state index contributed by atoms with van der Waals surface area (Å²) in [5, 5.41) is 20.0. The maximum atomic E-state index is 13.6. The maximum Gasteiger partial charge on any atom is 0.410 e. The lowest BCUT2D eigenvalue weighted by atomic mass is 10.0. The van der Waals surface area contributed by atoms with Gasteiger partial charge in [0.05, 0.1) is 6.10 Å². The fourth-order valence-corrected chi connectivity index (χ4v) is 3.75. The van der Waals surface area contributed by atoms with Gasteiger partial charge in [0.2, 0.25) is 5.89 Å². The highest BCUT2D eigenvalue weighted by Crippen LogP contribution is 2.31. The lowest BCUT2D eigenvalue weighted by Crippen LogP contribution is -2.54. The van der Waals surface area contributed by atoms with Gasteiger partial charge in [-0.15, -0.1) is 5.10 Å². The number of carbonyl (C=O) groups is 1. The number of carbonyl (C=O) groups excluding carboxylic acids is 1. The van der Waals surface area contributed by atoms with Crippen LogP contribution < -0.4 is 5.32 Å². The van der Waals surface area contributed by atoms with Crippen molar-refractivity contribution in [3.05, 3.63) is 34.7 Å². The molecule has 182 valence electrons. The van der Waals surface area contributed by atoms with Crippen LogP contribution in [0.25, 0.3) is 0 Å². The minimum atomic E-state index is -2.65. The van der Waals surface area contributed by atoms with Crippen LogP contribution in [0.1, 0.15) is 62.8 Å². The van der Waals surface area contributed by atoms with Crippen molar-refractivity contribution in [2.24, 2.45) is 0 Å². The summed E-state index contributed by atoms with van der Waals surface area (Å²) >= 11 is 0. The van der Waals surface area contributed by atoms with Crippen LogP contribution in [0.2, 0.25) is 0 Å². The Morgan fingerprint density at radius 1 is 1.30 bits per heavy atom. The van der Waals surface area contributed by atoms with Gasteiger partial charge in [0.15, 0.2) is 0 Å². The van der Waals surface area contributed by atoms with E-state index < -0.39 is 12.5 Å². The van der Waals surface area contributed by atoms with Crippen LogP contribution in [0.5, 0.6) is 0 Å². The van der Waals surface area contributed by atoms with Gasteiger partial charge in [0.1, 0.15) is 6.10 Å². The highest BCUT2D eigenvalue weighted by Gasteiger charge is 2.29. The van der Waals surface area contributed by atoms with Gasteiger partial charge in [0, 0.05) is 43.5 Å². The number of piperazine rings is 1. The minimum Gasteiger partial charge on any atom is -0.447 e. The van der Waals surface area contributed by atoms with Gasteiger partial charge >= 0.3 is 12.1 Å². The molecule has 9 nitrogen and oxygen atoms in total. The van der Waals surface area contributed by atoms with Gasteiger partial charge in [-0.1, -0.05) is 5.10 Å². The first-order valence-electron chi connectivity index (χ1n) is 10.9. The number of nitrogens with one attached hydrogen (secondary N) is 1. The number of hydrogen-bond donors (Lipinski definition) is 2. The number of aromatic nitrogens is 2. The predicted molar refractivity (Wildman–Crippen MR) is 117 cm³/mol. The molecule has 0 aliphatic carbocycles. The Bertz CT molecular complexity index is 966. The molecule has 2 heterocycles. The average Bonchev–Trinajstić information content (AvgIpc) is 3.19. The Kier molecular flexibility index (Phi) is 7.85. The molecule has 3 rings (SSSR count). The molecule has 1 aromatic carbocycles. The lowest BCUT2D eigenvalue weighted by molar-refractivity contribution is 0.0349. The molecule has 0 spiro atoms. The maximum absolute atomic E-state index is 13.6. The third kappa shape index (κ3) is 6.17. The molecule has 0 saturated carbocycles. The SMILES string of the molecule is Cc1c(CN2CCN(C(=O)OC(C)C)[C@@H](C)C2)cc(C(F)F)cc1Nc1nnc([C@@H](C)O)o1. The molecule has 1 amide bonds. The zero-order valence-electron chi connectivity index (χ0n) is 19.5. The number of halogens is 2. The standard InChI is InChI=1S/C22H31F2N5O4/c1-12(2)32-22(31)29-7-6-28(10-13(29)3)11-17-8-16(19(23)24)9-18(14(17)4)25-21-27-26-20(33-21)15(5)30/h8-9,12-13,15,19,30H,6-7,10-11H2,1-5H3,(H,25,27)/t13-,15+/m0/s1. The molecule has 1 aliphatic heterocycles. The summed E-state index contributed by atoms with van der Waals surface area (Å²) in [6, 6.07) is 2.80. The van der Waals surface area contributed by atoms with E-state index in [-0.39, 0.29) is 35.7 Å². The fraction of sp³-hybridized carbons (Fsp3) is 0.591. The smallest absolute Gasteiger partial charge is 0.410 e. The summed E-state index contributed by atoms with van der Waals surface area (Å²) in [5.74, 6) is 0.0308. The lowest BCUT2D eigenvalue weighted by Gasteiger charge is -2.39. The number of amides is 1. The van der Waals surface area contributed by atoms with E-state index in [1.54, 1.807) is 4.90 Å². The molecular formula is C22H31F2N5O4. The number of ether oxygens (including phenoxy) is 1. The molecule has 1 aliphatic rings. The van der Waals surface area contributed by atoms with Gasteiger partial charge in [-0.2, -0.15) is 0 Å². The molecule has 2 N–H and O–H groups in total. The van der Waals surface area contributed by atoms with Gasteiger partial charge in [0.25, 0.3) is 6.43 Å². The van der Waals surface area contributed by atoms with Crippen LogP contribution in [-0.2, 0) is 11.3 Å². The fourth-order valence-electron chi connectivity index (χ4n) is 3.75. The van der Waals surface area contributed by atoms with Crippen LogP contribution in [0, 0.1) is 6.92 Å². The number of alkyl halides is 2. The number of aliphatic hydroxyl groups excluding tert-OH is 1. The number of aliphatic hydroxyl groups is 1. The van der Waals surface area contributed by atoms with Crippen LogP contribution >= 0.6 is 0 Å². The van der Waals surface area contributed by atoms with Crippen LogP contribution in [-0.4, -0.2) is 63.0 Å². The van der Waals surface area contributed by atoms with Crippen molar-refractivity contribution in [2.75, 3.05) is 25.0 Å². The normalized spacial score (nSPS) is 18.1. The van der Waals surface area contributed by atoms with Crippen molar-refractivity contribution in [2.45, 2.75) is 65.8 Å². The van der Waals surface area contributed by atoms with E-state index >= 15 is 0 Å². The number of benzene rings is 1. The number of hydrogen-bond acceptors (Lipinski definition) is 8. The van der Waals surface area contributed by atoms with E-state index in [1.807, 2.05) is 27.7 Å². The average molecular weight is 468 g/mol. The highest BCUT2D eigenvalue weighted by atomic mass is 19.3. The molecule has 1 fully saturated rings. The molecular weight excluding hydrogens is 436 g/mol. The first kappa shape index (κ1) is 24.8. The van der Waals surface area contributed by atoms with E-state index in [0.717, 1.165) is 11.1 Å². The molecule has 1 saturated heterocycles. The van der Waals surface area contributed by atoms with Gasteiger partial charge < -0.3 is 24.5 Å². The van der Waals surface area contributed by atoms with E-state index in [1.165, 1.54) is 19.1 Å². The third-order valence-electron chi connectivity index (χ3n) is 5.51. The first-order chi connectivity index (χ1) is 15.5. The van der Waals surface area contributed by atoms with Crippen molar-refractivity contribution in [3.8, 4) is 0 Å². The molecule has 1 aromatic heterocycles. The van der Waals surface area contributed by atoms with E-state index in [9.17, 15) is 18.7 Å². The van der Waals surface area contributed by atoms with Crippen molar-refractivity contribution >= 4 is 17.8 Å². The summed E-state index contributed by atoms with van der Waals surface area (Å²) in [7, 11) is 0. The molecule has 2 atom stereocenters. The third-order valence-corrected chi connectivity index (χ3v) is 5.51. The number of rotatable bonds is 7. The van der Waals surface area contributed by atoms with Gasteiger partial charge in [-0.3, -0.25) is 4.90 Å². The Balaban J connectivity index is 1.76. The Labute approximate surface area is 191 Å². The van der Waals surface area contributed by atoms with E-state index in [4.69, 9.17) is 9.15 Å². The van der Waals surface area contributed by atoms with Crippen LogP contribution in [0.4, 0.5) is 25.3 Å². The largest absolute Gasteiger partial charge is 0.447 e. The summed E-state index contributed by atoms with van der Waals surface area (Å²) < 4.78 is 37.9. The summed E-state index contributed by atoms with van der Waals surface area (Å²) in [6.07, 6.45) is -4.11. The molecule has 33 heavy (non-hydrogen) atoms. The second-order valence-corrected chi connectivity index (χ2v) is 8.61. The molecule has 0 unspecified atom stereocenters. The second-order valence-electron chi connectivity index (χ2n) is 8.61. The molecule has 11 heteroatoms. The Morgan fingerprint density at radius 2 is 2.03 bits per heavy atom. The van der Waals surface area contributed by atoms with Crippen LogP contribution in [0.3, 0.4) is 0 Å². The number of nitrogens with zero attached hydrogens (tertiary/aromatic N) is 4. The van der Waals surface area contributed by atoms with E-state index in [2.05, 4.69) is 20.4 Å². The molecule has 0 radical (unpaired) electrons. The van der Waals surface area contributed by atoms with Gasteiger partial charge in [-0.05, 0) is 57.9 Å². The summed E-state index contributed by atoms with van der Waals surface area (Å²) in [5.41, 5.74) is 1.80. The van der Waals surface area contributed by atoms with Crippen LogP contribution in [0.15, 0.2) is 16.5 Å². The zero-order valence-corrected chi connectivity index (χ0v) is 19.5. The van der Waals surface area contributed by atoms with Crippen molar-refractivity contribution in [3.63, 3.8) is 0 Å². The zero-order chi connectivity index (χ0) is 24.3. The Morgan fingerprint density at radius 3 is 2.61 bits per heavy atom. The Hall–Kier alpha value is -2.79.